The van der Waals surface area contributed by atoms with E-state index in [0.29, 0.717) is 31.3 Å². The molecule has 3 heterocycles. The summed E-state index contributed by atoms with van der Waals surface area (Å²) in [5, 5.41) is 13.8. The molecule has 0 spiro atoms. The van der Waals surface area contributed by atoms with Gasteiger partial charge in [0, 0.05) is 62.1 Å². The minimum Gasteiger partial charge on any atom is -0.396 e. The normalized spacial score (nSPS) is 25.2. The molecule has 2 aliphatic rings. The molecule has 2 aromatic rings. The van der Waals surface area contributed by atoms with Crippen LogP contribution in [0.4, 0.5) is 0 Å². The van der Waals surface area contributed by atoms with Crippen molar-refractivity contribution in [3.63, 3.8) is 0 Å². The van der Waals surface area contributed by atoms with Crippen molar-refractivity contribution in [2.75, 3.05) is 26.9 Å². The second-order valence-electron chi connectivity index (χ2n) is 7.87. The number of nitrogens with one attached hydrogen (secondary N) is 1. The van der Waals surface area contributed by atoms with Crippen molar-refractivity contribution in [3.05, 3.63) is 69.1 Å². The van der Waals surface area contributed by atoms with Crippen molar-refractivity contribution >= 4 is 17.5 Å². The van der Waals surface area contributed by atoms with E-state index in [1.165, 1.54) is 6.07 Å². The number of aliphatic hydroxyl groups is 1. The van der Waals surface area contributed by atoms with Crippen LogP contribution in [0.5, 0.6) is 0 Å². The van der Waals surface area contributed by atoms with Crippen molar-refractivity contribution in [1.29, 1.82) is 0 Å². The van der Waals surface area contributed by atoms with E-state index in [-0.39, 0.29) is 36.1 Å². The van der Waals surface area contributed by atoms with Gasteiger partial charge in [-0.25, -0.2) is 0 Å². The molecule has 160 valence electrons. The molecule has 1 saturated heterocycles. The van der Waals surface area contributed by atoms with Crippen LogP contribution in [0.1, 0.15) is 17.3 Å². The monoisotopic (exact) mass is 431 g/mol. The molecule has 30 heavy (non-hydrogen) atoms. The molecule has 2 N–H and O–H groups in total. The van der Waals surface area contributed by atoms with Crippen molar-refractivity contribution in [1.82, 2.24) is 14.8 Å². The maximum atomic E-state index is 13.2. The third-order valence-corrected chi connectivity index (χ3v) is 6.44. The molecule has 4 rings (SSSR count). The maximum absolute atomic E-state index is 13.2. The van der Waals surface area contributed by atoms with Gasteiger partial charge in [-0.05, 0) is 23.8 Å². The summed E-state index contributed by atoms with van der Waals surface area (Å²) in [4.78, 5) is 27.9. The van der Waals surface area contributed by atoms with Crippen LogP contribution in [0.2, 0.25) is 5.02 Å². The third-order valence-electron chi connectivity index (χ3n) is 6.21. The minimum absolute atomic E-state index is 0.0814. The number of aromatic nitrogens is 1. The summed E-state index contributed by atoms with van der Waals surface area (Å²) in [6.07, 6.45) is 0. The van der Waals surface area contributed by atoms with E-state index in [4.69, 9.17) is 16.3 Å². The Morgan fingerprint density at radius 3 is 2.83 bits per heavy atom. The molecule has 2 aliphatic heterocycles. The first-order chi connectivity index (χ1) is 14.5. The van der Waals surface area contributed by atoms with Gasteiger partial charge in [-0.2, -0.15) is 0 Å². The van der Waals surface area contributed by atoms with Crippen molar-refractivity contribution in [2.45, 2.75) is 25.2 Å². The highest BCUT2D eigenvalue weighted by molar-refractivity contribution is 6.30. The Bertz CT molecular complexity index is 979. The van der Waals surface area contributed by atoms with Crippen molar-refractivity contribution < 1.29 is 14.6 Å². The summed E-state index contributed by atoms with van der Waals surface area (Å²) in [5.41, 5.74) is 1.76. The van der Waals surface area contributed by atoms with Crippen LogP contribution < -0.4 is 10.9 Å². The molecule has 0 unspecified atom stereocenters. The van der Waals surface area contributed by atoms with E-state index >= 15 is 0 Å². The number of hydrogen-bond donors (Lipinski definition) is 2. The minimum atomic E-state index is -0.466. The standard InChI is InChI=1S/C22H26ClN3O4/c1-30-9-8-24-22(29)20-16(13-27)18-12-25-17(6-3-7-19(25)28)21(20)26(18)11-14-4-2-5-15(23)10-14/h2-7,10,16,18,20-21,27H,8-9,11-13H2,1H3,(H,24,29)/t16-,18-,20+,21+/m1/s1. The number of rotatable bonds is 7. The lowest BCUT2D eigenvalue weighted by molar-refractivity contribution is -0.127. The Morgan fingerprint density at radius 1 is 1.30 bits per heavy atom. The van der Waals surface area contributed by atoms with E-state index < -0.39 is 5.92 Å². The summed E-state index contributed by atoms with van der Waals surface area (Å²) in [7, 11) is 1.58. The molecular formula is C22H26ClN3O4. The number of carbonyl (C=O) groups is 1. The summed E-state index contributed by atoms with van der Waals surface area (Å²) < 4.78 is 6.79. The first kappa shape index (κ1) is 21.1. The van der Waals surface area contributed by atoms with E-state index in [1.54, 1.807) is 17.7 Å². The average Bonchev–Trinajstić information content (AvgIpc) is 2.93. The Morgan fingerprint density at radius 2 is 2.10 bits per heavy atom. The lowest BCUT2D eigenvalue weighted by Gasteiger charge is -2.38. The van der Waals surface area contributed by atoms with E-state index in [1.807, 2.05) is 30.3 Å². The summed E-state index contributed by atoms with van der Waals surface area (Å²) in [6, 6.07) is 12.4. The first-order valence-electron chi connectivity index (χ1n) is 10.1. The van der Waals surface area contributed by atoms with Crippen LogP contribution in [0.15, 0.2) is 47.3 Å². The SMILES string of the molecule is COCCNC(=O)[C@H]1[C@H](CO)[C@H]2Cn3c(cccc3=O)[C@@H]1N2Cc1cccc(Cl)c1. The number of nitrogens with zero attached hydrogens (tertiary/aromatic N) is 2. The van der Waals surface area contributed by atoms with Crippen LogP contribution in [-0.4, -0.2) is 53.4 Å². The Hall–Kier alpha value is -2.19. The summed E-state index contributed by atoms with van der Waals surface area (Å²) in [6.45, 7) is 1.71. The number of methoxy groups -OCH3 is 1. The number of halogens is 1. The molecule has 1 aromatic heterocycles. The lowest BCUT2D eigenvalue weighted by Crippen LogP contribution is -2.45. The predicted octanol–water partition coefficient (Wildman–Crippen LogP) is 1.43. The van der Waals surface area contributed by atoms with Crippen molar-refractivity contribution in [3.8, 4) is 0 Å². The van der Waals surface area contributed by atoms with E-state index in [9.17, 15) is 14.7 Å². The number of pyridine rings is 1. The smallest absolute Gasteiger partial charge is 0.250 e. The van der Waals surface area contributed by atoms with E-state index in [2.05, 4.69) is 10.2 Å². The fourth-order valence-corrected chi connectivity index (χ4v) is 5.14. The number of ether oxygens (including phenoxy) is 1. The highest BCUT2D eigenvalue weighted by Crippen LogP contribution is 2.48. The zero-order valence-corrected chi connectivity index (χ0v) is 17.6. The number of carbonyl (C=O) groups excluding carboxylic acids is 1. The number of hydrogen-bond acceptors (Lipinski definition) is 5. The van der Waals surface area contributed by atoms with Gasteiger partial charge < -0.3 is 19.7 Å². The molecule has 0 radical (unpaired) electrons. The predicted molar refractivity (Wildman–Crippen MR) is 113 cm³/mol. The molecule has 1 aromatic carbocycles. The quantitative estimate of drug-likeness (QED) is 0.648. The number of benzene rings is 1. The number of fused-ring (bicyclic) bond motifs is 4. The van der Waals surface area contributed by atoms with Crippen LogP contribution in [0.25, 0.3) is 0 Å². The Labute approximate surface area is 180 Å². The van der Waals surface area contributed by atoms with Gasteiger partial charge >= 0.3 is 0 Å². The zero-order valence-electron chi connectivity index (χ0n) is 16.8. The molecule has 0 saturated carbocycles. The topological polar surface area (TPSA) is 83.8 Å². The van der Waals surface area contributed by atoms with Gasteiger partial charge in [0.05, 0.1) is 18.6 Å². The lowest BCUT2D eigenvalue weighted by atomic mass is 9.86. The molecule has 0 aliphatic carbocycles. The fraction of sp³-hybridized carbons (Fsp3) is 0.455. The van der Waals surface area contributed by atoms with Gasteiger partial charge in [-0.15, -0.1) is 0 Å². The van der Waals surface area contributed by atoms with Crippen LogP contribution in [0.3, 0.4) is 0 Å². The van der Waals surface area contributed by atoms with Gasteiger partial charge in [-0.1, -0.05) is 29.8 Å². The molecule has 2 bridgehead atoms. The van der Waals surface area contributed by atoms with Crippen LogP contribution >= 0.6 is 11.6 Å². The largest absolute Gasteiger partial charge is 0.396 e. The van der Waals surface area contributed by atoms with E-state index in [0.717, 1.165) is 11.3 Å². The summed E-state index contributed by atoms with van der Waals surface area (Å²) in [5.74, 6) is -0.873. The molecule has 1 amide bonds. The molecule has 1 fully saturated rings. The van der Waals surface area contributed by atoms with Crippen LogP contribution in [-0.2, 0) is 22.6 Å². The van der Waals surface area contributed by atoms with Gasteiger partial charge in [0.1, 0.15) is 0 Å². The fourth-order valence-electron chi connectivity index (χ4n) is 4.93. The average molecular weight is 432 g/mol. The van der Waals surface area contributed by atoms with Crippen molar-refractivity contribution in [2.24, 2.45) is 11.8 Å². The second kappa shape index (κ2) is 8.89. The molecule has 7 nitrogen and oxygen atoms in total. The Balaban J connectivity index is 1.74. The molecule has 8 heteroatoms. The van der Waals surface area contributed by atoms with Gasteiger partial charge in [0.2, 0.25) is 5.91 Å². The molecular weight excluding hydrogens is 406 g/mol. The van der Waals surface area contributed by atoms with Gasteiger partial charge in [0.25, 0.3) is 5.56 Å². The Kier molecular flexibility index (Phi) is 6.24. The first-order valence-corrected chi connectivity index (χ1v) is 10.5. The highest BCUT2D eigenvalue weighted by Gasteiger charge is 2.55. The second-order valence-corrected chi connectivity index (χ2v) is 8.31. The van der Waals surface area contributed by atoms with Crippen LogP contribution in [0, 0.1) is 11.8 Å². The number of amides is 1. The van der Waals surface area contributed by atoms with Gasteiger partial charge in [0.15, 0.2) is 0 Å². The maximum Gasteiger partial charge on any atom is 0.250 e. The summed E-state index contributed by atoms with van der Waals surface area (Å²) >= 11 is 6.18. The molecule has 4 atom stereocenters. The number of aliphatic hydroxyl groups excluding tert-OH is 1. The third kappa shape index (κ3) is 3.78. The van der Waals surface area contributed by atoms with Gasteiger partial charge in [-0.3, -0.25) is 14.5 Å². The highest BCUT2D eigenvalue weighted by atomic mass is 35.5. The zero-order chi connectivity index (χ0) is 21.3.